The van der Waals surface area contributed by atoms with E-state index < -0.39 is 5.97 Å². The van der Waals surface area contributed by atoms with Crippen LogP contribution in [-0.2, 0) is 0 Å². The molecule has 1 aromatic carbocycles. The van der Waals surface area contributed by atoms with Gasteiger partial charge in [-0.05, 0) is 45.0 Å². The lowest BCUT2D eigenvalue weighted by molar-refractivity contribution is 0.0697. The van der Waals surface area contributed by atoms with Crippen LogP contribution in [0.3, 0.4) is 0 Å². The largest absolute Gasteiger partial charge is 0.478 e. The molecule has 2 aromatic rings. The number of carboxylic acid groups (broad SMARTS) is 1. The first-order chi connectivity index (χ1) is 9.88. The topological polar surface area (TPSA) is 54.6 Å². The Bertz CT molecular complexity index is 702. The number of halogens is 1. The quantitative estimate of drug-likeness (QED) is 0.847. The van der Waals surface area contributed by atoms with Crippen LogP contribution in [0.1, 0.15) is 41.5 Å². The number of hydrogen-bond acceptors (Lipinski definition) is 2. The summed E-state index contributed by atoms with van der Waals surface area (Å²) in [6.07, 6.45) is 3.71. The minimum absolute atomic E-state index is 0.169. The van der Waals surface area contributed by atoms with Gasteiger partial charge in [-0.3, -0.25) is 4.99 Å². The number of carboxylic acids is 1. The van der Waals surface area contributed by atoms with Gasteiger partial charge in [0.05, 0.1) is 16.3 Å². The smallest absolute Gasteiger partial charge is 0.335 e. The zero-order valence-electron chi connectivity index (χ0n) is 12.2. The Morgan fingerprint density at radius 1 is 1.38 bits per heavy atom. The van der Waals surface area contributed by atoms with E-state index in [0.29, 0.717) is 16.8 Å². The Labute approximate surface area is 128 Å². The van der Waals surface area contributed by atoms with Gasteiger partial charge in [-0.25, -0.2) is 4.79 Å². The average molecular weight is 305 g/mol. The Balaban J connectivity index is 2.31. The third-order valence-electron chi connectivity index (χ3n) is 3.17. The van der Waals surface area contributed by atoms with Gasteiger partial charge in [-0.1, -0.05) is 11.6 Å². The van der Waals surface area contributed by atoms with E-state index >= 15 is 0 Å². The summed E-state index contributed by atoms with van der Waals surface area (Å²) in [6, 6.07) is 6.88. The minimum atomic E-state index is -0.995. The molecule has 0 fully saturated rings. The van der Waals surface area contributed by atoms with Crippen molar-refractivity contribution in [3.05, 3.63) is 52.3 Å². The summed E-state index contributed by atoms with van der Waals surface area (Å²) in [5.41, 5.74) is 2.73. The molecule has 0 amide bonds. The van der Waals surface area contributed by atoms with Gasteiger partial charge in [-0.2, -0.15) is 0 Å². The van der Waals surface area contributed by atoms with E-state index in [1.165, 1.54) is 12.1 Å². The fraction of sp³-hybridized carbons (Fsp3) is 0.250. The second-order valence-corrected chi connectivity index (χ2v) is 5.55. The van der Waals surface area contributed by atoms with E-state index in [1.54, 1.807) is 12.3 Å². The fourth-order valence-corrected chi connectivity index (χ4v) is 2.30. The lowest BCUT2D eigenvalue weighted by Gasteiger charge is -2.08. The number of carbonyl (C=O) groups is 1. The molecule has 0 bridgehead atoms. The highest BCUT2D eigenvalue weighted by Gasteiger charge is 2.07. The van der Waals surface area contributed by atoms with Crippen molar-refractivity contribution < 1.29 is 9.90 Å². The van der Waals surface area contributed by atoms with Crippen LogP contribution in [0.2, 0.25) is 5.02 Å². The van der Waals surface area contributed by atoms with Crippen molar-refractivity contribution in [1.29, 1.82) is 0 Å². The van der Waals surface area contributed by atoms with Gasteiger partial charge in [-0.15, -0.1) is 0 Å². The van der Waals surface area contributed by atoms with Crippen LogP contribution < -0.4 is 0 Å². The van der Waals surface area contributed by atoms with Gasteiger partial charge in [0.1, 0.15) is 0 Å². The SMILES string of the molecule is Cc1cc(C=Nc2cc(C(=O)O)ccc2Cl)cn1C(C)C. The van der Waals surface area contributed by atoms with Crippen LogP contribution in [0.15, 0.2) is 35.5 Å². The molecule has 21 heavy (non-hydrogen) atoms. The second-order valence-electron chi connectivity index (χ2n) is 5.15. The van der Waals surface area contributed by atoms with Crippen molar-refractivity contribution in [2.45, 2.75) is 26.8 Å². The molecule has 0 aliphatic heterocycles. The lowest BCUT2D eigenvalue weighted by atomic mass is 10.2. The van der Waals surface area contributed by atoms with E-state index in [-0.39, 0.29) is 5.56 Å². The van der Waals surface area contributed by atoms with Gasteiger partial charge < -0.3 is 9.67 Å². The summed E-state index contributed by atoms with van der Waals surface area (Å²) in [5, 5.41) is 9.42. The summed E-state index contributed by atoms with van der Waals surface area (Å²) in [6.45, 7) is 6.26. The number of rotatable bonds is 4. The van der Waals surface area contributed by atoms with Crippen LogP contribution in [-0.4, -0.2) is 21.9 Å². The molecule has 0 unspecified atom stereocenters. The number of aliphatic imine (C=N–C) groups is 1. The molecule has 0 aliphatic carbocycles. The van der Waals surface area contributed by atoms with E-state index in [0.717, 1.165) is 11.3 Å². The molecule has 2 rings (SSSR count). The van der Waals surface area contributed by atoms with Gasteiger partial charge in [0, 0.05) is 29.7 Å². The zero-order valence-corrected chi connectivity index (χ0v) is 12.9. The van der Waals surface area contributed by atoms with Crippen LogP contribution in [0.5, 0.6) is 0 Å². The fourth-order valence-electron chi connectivity index (χ4n) is 2.13. The maximum Gasteiger partial charge on any atom is 0.335 e. The molecule has 1 aromatic heterocycles. The Morgan fingerprint density at radius 2 is 2.10 bits per heavy atom. The standard InChI is InChI=1S/C16H17ClN2O2/c1-10(2)19-9-12(6-11(19)3)8-18-15-7-13(16(20)21)4-5-14(15)17/h4-10H,1-3H3,(H,20,21). The van der Waals surface area contributed by atoms with Crippen LogP contribution in [0.25, 0.3) is 0 Å². The molecule has 4 nitrogen and oxygen atoms in total. The number of hydrogen-bond donors (Lipinski definition) is 1. The lowest BCUT2D eigenvalue weighted by Crippen LogP contribution is -2.00. The first-order valence-corrected chi connectivity index (χ1v) is 7.01. The molecular formula is C16H17ClN2O2. The van der Waals surface area contributed by atoms with Crippen molar-refractivity contribution in [1.82, 2.24) is 4.57 Å². The molecular weight excluding hydrogens is 288 g/mol. The molecule has 5 heteroatoms. The third-order valence-corrected chi connectivity index (χ3v) is 3.49. The highest BCUT2D eigenvalue weighted by Crippen LogP contribution is 2.26. The van der Waals surface area contributed by atoms with E-state index in [4.69, 9.17) is 16.7 Å². The number of aromatic carboxylic acids is 1. The average Bonchev–Trinajstić information content (AvgIpc) is 2.79. The molecule has 0 aliphatic rings. The number of nitrogens with zero attached hydrogens (tertiary/aromatic N) is 2. The summed E-state index contributed by atoms with van der Waals surface area (Å²) in [5.74, 6) is -0.995. The van der Waals surface area contributed by atoms with E-state index in [1.807, 2.05) is 19.2 Å². The van der Waals surface area contributed by atoms with E-state index in [2.05, 4.69) is 23.4 Å². The van der Waals surface area contributed by atoms with Gasteiger partial charge >= 0.3 is 5.97 Å². The molecule has 1 heterocycles. The number of aromatic nitrogens is 1. The van der Waals surface area contributed by atoms with Gasteiger partial charge in [0.2, 0.25) is 0 Å². The normalized spacial score (nSPS) is 11.5. The summed E-state index contributed by atoms with van der Waals surface area (Å²) in [7, 11) is 0. The summed E-state index contributed by atoms with van der Waals surface area (Å²) in [4.78, 5) is 15.3. The minimum Gasteiger partial charge on any atom is -0.478 e. The first-order valence-electron chi connectivity index (χ1n) is 6.64. The summed E-state index contributed by atoms with van der Waals surface area (Å²) >= 11 is 6.04. The predicted molar refractivity (Wildman–Crippen MR) is 85.2 cm³/mol. The van der Waals surface area contributed by atoms with E-state index in [9.17, 15) is 4.79 Å². The van der Waals surface area contributed by atoms with Crippen molar-refractivity contribution in [2.75, 3.05) is 0 Å². The molecule has 0 saturated carbocycles. The third kappa shape index (κ3) is 3.52. The highest BCUT2D eigenvalue weighted by atomic mass is 35.5. The number of benzene rings is 1. The monoisotopic (exact) mass is 304 g/mol. The molecule has 0 saturated heterocycles. The molecule has 1 N–H and O–H groups in total. The Kier molecular flexibility index (Phi) is 4.48. The molecule has 0 spiro atoms. The first kappa shape index (κ1) is 15.3. The van der Waals surface area contributed by atoms with Crippen molar-refractivity contribution in [3.8, 4) is 0 Å². The molecule has 0 radical (unpaired) electrons. The van der Waals surface area contributed by atoms with Crippen molar-refractivity contribution >= 4 is 29.5 Å². The molecule has 0 atom stereocenters. The maximum absolute atomic E-state index is 11.0. The Morgan fingerprint density at radius 3 is 2.67 bits per heavy atom. The maximum atomic E-state index is 11.0. The van der Waals surface area contributed by atoms with Crippen LogP contribution in [0, 0.1) is 6.92 Å². The van der Waals surface area contributed by atoms with Gasteiger partial charge in [0.25, 0.3) is 0 Å². The predicted octanol–water partition coefficient (Wildman–Crippen LogP) is 4.48. The molecule has 110 valence electrons. The van der Waals surface area contributed by atoms with Crippen LogP contribution in [0.4, 0.5) is 5.69 Å². The zero-order chi connectivity index (χ0) is 15.6. The van der Waals surface area contributed by atoms with Crippen LogP contribution >= 0.6 is 11.6 Å². The Hall–Kier alpha value is -2.07. The van der Waals surface area contributed by atoms with Crippen molar-refractivity contribution in [2.24, 2.45) is 4.99 Å². The van der Waals surface area contributed by atoms with Gasteiger partial charge in [0.15, 0.2) is 0 Å². The van der Waals surface area contributed by atoms with Crippen molar-refractivity contribution in [3.63, 3.8) is 0 Å². The second kappa shape index (κ2) is 6.14. The number of aryl methyl sites for hydroxylation is 1. The highest BCUT2D eigenvalue weighted by molar-refractivity contribution is 6.33. The summed E-state index contributed by atoms with van der Waals surface area (Å²) < 4.78 is 2.15.